The number of ketones is 1. The first-order chi connectivity index (χ1) is 8.06. The number of rotatable bonds is 5. The molecule has 0 aliphatic heterocycles. The molecule has 0 fully saturated rings. The average molecular weight is 251 g/mol. The highest BCUT2D eigenvalue weighted by Crippen LogP contribution is 2.50. The molecule has 2 unspecified atom stereocenters. The van der Waals surface area contributed by atoms with Gasteiger partial charge in [-0.25, -0.2) is 0 Å². The van der Waals surface area contributed by atoms with Gasteiger partial charge in [-0.15, -0.1) is 0 Å². The van der Waals surface area contributed by atoms with Gasteiger partial charge in [0.15, 0.2) is 11.4 Å². The molecule has 0 bridgehead atoms. The number of hydrogen-bond donors (Lipinski definition) is 0. The van der Waals surface area contributed by atoms with E-state index in [9.17, 15) is 9.36 Å². The molecule has 0 N–H and O–H groups in total. The lowest BCUT2D eigenvalue weighted by Crippen LogP contribution is -2.24. The number of hydrogen-bond acceptors (Lipinski definition) is 4. The van der Waals surface area contributed by atoms with Gasteiger partial charge in [0.2, 0.25) is 0 Å². The van der Waals surface area contributed by atoms with Crippen molar-refractivity contribution < 1.29 is 13.9 Å². The van der Waals surface area contributed by atoms with E-state index in [2.05, 4.69) is 0 Å². The Morgan fingerprint density at radius 1 is 1.47 bits per heavy atom. The Hall–Kier alpha value is -1.43. The van der Waals surface area contributed by atoms with Crippen LogP contribution in [0.5, 0.6) is 0 Å². The zero-order valence-electron chi connectivity index (χ0n) is 9.79. The topological polar surface area (TPSA) is 67.2 Å². The predicted octanol–water partition coefficient (Wildman–Crippen LogP) is 2.11. The fourth-order valence-electron chi connectivity index (χ4n) is 1.53. The van der Waals surface area contributed by atoms with Gasteiger partial charge in [-0.2, -0.15) is 5.26 Å². The van der Waals surface area contributed by atoms with E-state index in [0.717, 1.165) is 0 Å². The van der Waals surface area contributed by atoms with Crippen molar-refractivity contribution in [2.75, 3.05) is 6.61 Å². The molecule has 0 aliphatic carbocycles. The van der Waals surface area contributed by atoms with Crippen LogP contribution in [0.25, 0.3) is 0 Å². The quantitative estimate of drug-likeness (QED) is 0.751. The van der Waals surface area contributed by atoms with E-state index in [1.54, 1.807) is 43.3 Å². The molecule has 1 aromatic rings. The lowest BCUT2D eigenvalue weighted by Gasteiger charge is -2.20. The highest BCUT2D eigenvalue weighted by atomic mass is 31.2. The molecule has 4 nitrogen and oxygen atoms in total. The Bertz CT molecular complexity index is 478. The van der Waals surface area contributed by atoms with E-state index in [4.69, 9.17) is 9.79 Å². The molecule has 0 saturated carbocycles. The van der Waals surface area contributed by atoms with Crippen LogP contribution in [-0.2, 0) is 13.9 Å². The Morgan fingerprint density at radius 2 is 2.06 bits per heavy atom. The van der Waals surface area contributed by atoms with Crippen LogP contribution in [0.2, 0.25) is 0 Å². The van der Waals surface area contributed by atoms with E-state index >= 15 is 0 Å². The van der Waals surface area contributed by atoms with E-state index in [0.29, 0.717) is 5.30 Å². The third kappa shape index (κ3) is 2.82. The van der Waals surface area contributed by atoms with Crippen LogP contribution in [0, 0.1) is 11.3 Å². The highest BCUT2D eigenvalue weighted by molar-refractivity contribution is 7.68. The van der Waals surface area contributed by atoms with Crippen LogP contribution in [0.15, 0.2) is 30.3 Å². The molecule has 5 heteroatoms. The molecule has 0 radical (unpaired) electrons. The molecule has 90 valence electrons. The summed E-state index contributed by atoms with van der Waals surface area (Å²) in [5, 5.41) is 9.40. The molecule has 1 rings (SSSR count). The average Bonchev–Trinajstić information content (AvgIpc) is 2.31. The molecule has 0 aromatic heterocycles. The first-order valence-corrected chi connectivity index (χ1v) is 6.95. The maximum atomic E-state index is 12.7. The standard InChI is InChI=1S/C12H14NO3P/c1-3-16-17(15,12(9-13)10(2)14)11-7-5-4-6-8-11/h4-8,12H,3H2,1-2H3. The first kappa shape index (κ1) is 13.6. The number of nitriles is 1. The second kappa shape index (κ2) is 5.77. The van der Waals surface area contributed by atoms with Gasteiger partial charge in [-0.1, -0.05) is 18.2 Å². The van der Waals surface area contributed by atoms with Gasteiger partial charge >= 0.3 is 0 Å². The van der Waals surface area contributed by atoms with Crippen LogP contribution >= 0.6 is 7.37 Å². The van der Waals surface area contributed by atoms with E-state index in [1.807, 2.05) is 0 Å². The molecule has 1 aromatic carbocycles. The van der Waals surface area contributed by atoms with Crippen LogP contribution in [-0.4, -0.2) is 18.0 Å². The summed E-state index contributed by atoms with van der Waals surface area (Å²) in [6.45, 7) is 3.13. The minimum atomic E-state index is -3.45. The summed E-state index contributed by atoms with van der Waals surface area (Å²) in [4.78, 5) is 11.4. The minimum Gasteiger partial charge on any atom is -0.324 e. The van der Waals surface area contributed by atoms with Crippen LogP contribution in [0.4, 0.5) is 0 Å². The van der Waals surface area contributed by atoms with Gasteiger partial charge in [-0.05, 0) is 26.0 Å². The molecule has 0 heterocycles. The minimum absolute atomic E-state index is 0.192. The Labute approximate surface area is 101 Å². The Morgan fingerprint density at radius 3 is 2.47 bits per heavy atom. The molecule has 17 heavy (non-hydrogen) atoms. The van der Waals surface area contributed by atoms with E-state index < -0.39 is 18.8 Å². The van der Waals surface area contributed by atoms with Gasteiger partial charge in [0, 0.05) is 5.30 Å². The Balaban J connectivity index is 3.28. The maximum Gasteiger partial charge on any atom is 0.256 e. The SMILES string of the molecule is CCOP(=O)(c1ccccc1)C(C#N)C(C)=O. The molecule has 0 spiro atoms. The van der Waals surface area contributed by atoms with Crippen molar-refractivity contribution in [2.45, 2.75) is 19.5 Å². The van der Waals surface area contributed by atoms with Crippen molar-refractivity contribution in [1.82, 2.24) is 0 Å². The molecule has 2 atom stereocenters. The lowest BCUT2D eigenvalue weighted by atomic mass is 10.3. The smallest absolute Gasteiger partial charge is 0.256 e. The van der Waals surface area contributed by atoms with E-state index in [1.165, 1.54) is 6.92 Å². The number of carbonyl (C=O) groups is 1. The van der Waals surface area contributed by atoms with Crippen LogP contribution in [0.3, 0.4) is 0 Å². The van der Waals surface area contributed by atoms with Gasteiger partial charge in [-0.3, -0.25) is 9.36 Å². The van der Waals surface area contributed by atoms with Crippen molar-refractivity contribution in [3.63, 3.8) is 0 Å². The molecular weight excluding hydrogens is 237 g/mol. The van der Waals surface area contributed by atoms with Crippen molar-refractivity contribution >= 4 is 18.5 Å². The van der Waals surface area contributed by atoms with Crippen LogP contribution < -0.4 is 5.30 Å². The van der Waals surface area contributed by atoms with Crippen molar-refractivity contribution in [2.24, 2.45) is 0 Å². The highest BCUT2D eigenvalue weighted by Gasteiger charge is 2.39. The summed E-state index contributed by atoms with van der Waals surface area (Å²) in [5.74, 6) is -0.437. The second-order valence-corrected chi connectivity index (χ2v) is 5.98. The Kier molecular flexibility index (Phi) is 4.62. The molecule has 0 amide bonds. The third-order valence-corrected chi connectivity index (χ3v) is 5.10. The third-order valence-electron chi connectivity index (χ3n) is 2.28. The number of carbonyl (C=O) groups excluding carboxylic acids is 1. The van der Waals surface area contributed by atoms with E-state index in [-0.39, 0.29) is 6.61 Å². The predicted molar refractivity (Wildman–Crippen MR) is 65.4 cm³/mol. The normalized spacial score (nSPS) is 15.6. The lowest BCUT2D eigenvalue weighted by molar-refractivity contribution is -0.115. The summed E-state index contributed by atoms with van der Waals surface area (Å²) >= 11 is 0. The number of nitrogens with zero attached hydrogens (tertiary/aromatic N) is 1. The van der Waals surface area contributed by atoms with Crippen molar-refractivity contribution in [1.29, 1.82) is 5.26 Å². The summed E-state index contributed by atoms with van der Waals surface area (Å²) in [7, 11) is -3.45. The first-order valence-electron chi connectivity index (χ1n) is 5.26. The van der Waals surface area contributed by atoms with Gasteiger partial charge in [0.05, 0.1) is 12.7 Å². The zero-order valence-corrected chi connectivity index (χ0v) is 10.7. The fraction of sp³-hybridized carbons (Fsp3) is 0.333. The zero-order chi connectivity index (χ0) is 12.9. The summed E-state index contributed by atoms with van der Waals surface area (Å²) in [6, 6.07) is 10.2. The maximum absolute atomic E-state index is 12.7. The molecule has 0 aliphatic rings. The summed E-state index contributed by atoms with van der Waals surface area (Å²) in [6.07, 6.45) is 0. The summed E-state index contributed by atoms with van der Waals surface area (Å²) in [5.41, 5.74) is -1.23. The fourth-order valence-corrected chi connectivity index (χ4v) is 3.73. The number of benzene rings is 1. The van der Waals surface area contributed by atoms with Crippen LogP contribution in [0.1, 0.15) is 13.8 Å². The van der Waals surface area contributed by atoms with Gasteiger partial charge < -0.3 is 4.52 Å². The number of Topliss-reactive ketones (excluding diaryl/α,β-unsaturated/α-hetero) is 1. The second-order valence-electron chi connectivity index (χ2n) is 3.49. The molecule has 0 saturated heterocycles. The van der Waals surface area contributed by atoms with Crippen molar-refractivity contribution in [3.8, 4) is 6.07 Å². The largest absolute Gasteiger partial charge is 0.324 e. The summed E-state index contributed by atoms with van der Waals surface area (Å²) < 4.78 is 18.0. The van der Waals surface area contributed by atoms with Crippen molar-refractivity contribution in [3.05, 3.63) is 30.3 Å². The van der Waals surface area contributed by atoms with Gasteiger partial charge in [0.25, 0.3) is 7.37 Å². The molecular formula is C12H14NO3P. The monoisotopic (exact) mass is 251 g/mol. The van der Waals surface area contributed by atoms with Gasteiger partial charge in [0.1, 0.15) is 0 Å².